The Morgan fingerprint density at radius 2 is 1.96 bits per heavy atom. The maximum Gasteiger partial charge on any atom is 0.282 e. The van der Waals surface area contributed by atoms with Crippen molar-refractivity contribution in [1.82, 2.24) is 9.66 Å². The molecule has 25 heavy (non-hydrogen) atoms. The van der Waals surface area contributed by atoms with E-state index in [0.29, 0.717) is 0 Å². The van der Waals surface area contributed by atoms with E-state index < -0.39 is 0 Å². The Hall–Kier alpha value is -2.47. The van der Waals surface area contributed by atoms with E-state index in [2.05, 4.69) is 10.1 Å². The maximum atomic E-state index is 12.8. The zero-order valence-electron chi connectivity index (χ0n) is 14.4. The summed E-state index contributed by atoms with van der Waals surface area (Å²) in [5.41, 5.74) is 3.21. The maximum absolute atomic E-state index is 12.8. The molecule has 3 aromatic rings. The Kier molecular flexibility index (Phi) is 4.13. The molecule has 0 unspecified atom stereocenters. The normalized spacial score (nSPS) is 14.2. The number of hydrogen-bond donors (Lipinski definition) is 0. The first kappa shape index (κ1) is 16.0. The van der Waals surface area contributed by atoms with Gasteiger partial charge in [0.05, 0.1) is 11.6 Å². The van der Waals surface area contributed by atoms with Gasteiger partial charge >= 0.3 is 0 Å². The van der Waals surface area contributed by atoms with Crippen LogP contribution in [-0.4, -0.2) is 30.0 Å². The molecule has 1 aliphatic rings. The lowest BCUT2D eigenvalue weighted by Gasteiger charge is -2.11. The molecule has 6 heteroatoms. The summed E-state index contributed by atoms with van der Waals surface area (Å²) < 4.78 is 1.35. The fourth-order valence-electron chi connectivity index (χ4n) is 3.21. The highest BCUT2D eigenvalue weighted by Crippen LogP contribution is 2.33. The van der Waals surface area contributed by atoms with E-state index in [1.807, 2.05) is 43.3 Å². The van der Waals surface area contributed by atoms with E-state index in [4.69, 9.17) is 0 Å². The molecule has 128 valence electrons. The predicted octanol–water partition coefficient (Wildman–Crippen LogP) is 3.29. The first-order valence-corrected chi connectivity index (χ1v) is 9.29. The summed E-state index contributed by atoms with van der Waals surface area (Å²) in [6, 6.07) is 8.03. The van der Waals surface area contributed by atoms with Crippen LogP contribution in [0.15, 0.2) is 40.5 Å². The second-order valence-electron chi connectivity index (χ2n) is 6.52. The molecule has 4 rings (SSSR count). The van der Waals surface area contributed by atoms with Gasteiger partial charge in [-0.3, -0.25) is 4.79 Å². The largest absolute Gasteiger partial charge is 0.378 e. The van der Waals surface area contributed by atoms with E-state index in [0.717, 1.165) is 40.7 Å². The van der Waals surface area contributed by atoms with Crippen molar-refractivity contribution in [3.05, 3.63) is 57.0 Å². The summed E-state index contributed by atoms with van der Waals surface area (Å²) >= 11 is 1.66. The highest BCUT2D eigenvalue weighted by molar-refractivity contribution is 7.18. The summed E-state index contributed by atoms with van der Waals surface area (Å²) in [5.74, 6) is 0. The second-order valence-corrected chi connectivity index (χ2v) is 7.60. The lowest BCUT2D eigenvalue weighted by Crippen LogP contribution is -2.18. The van der Waals surface area contributed by atoms with Crippen molar-refractivity contribution in [3.63, 3.8) is 0 Å². The molecule has 0 spiro atoms. The fourth-order valence-corrected chi connectivity index (χ4v) is 4.43. The quantitative estimate of drug-likeness (QED) is 0.680. The van der Waals surface area contributed by atoms with Gasteiger partial charge in [-0.15, -0.1) is 11.3 Å². The van der Waals surface area contributed by atoms with Crippen LogP contribution in [0, 0.1) is 0 Å². The van der Waals surface area contributed by atoms with Crippen LogP contribution in [0.2, 0.25) is 0 Å². The molecule has 2 aromatic heterocycles. The zero-order chi connectivity index (χ0) is 17.4. The predicted molar refractivity (Wildman–Crippen MR) is 104 cm³/mol. The molecule has 5 nitrogen and oxygen atoms in total. The molecular formula is C19H20N4OS. The van der Waals surface area contributed by atoms with Crippen LogP contribution >= 0.6 is 11.3 Å². The molecule has 0 radical (unpaired) electrons. The van der Waals surface area contributed by atoms with Gasteiger partial charge in [0.2, 0.25) is 0 Å². The molecule has 0 bridgehead atoms. The van der Waals surface area contributed by atoms with Gasteiger partial charge in [-0.2, -0.15) is 9.78 Å². The third kappa shape index (κ3) is 2.98. The summed E-state index contributed by atoms with van der Waals surface area (Å²) in [6.45, 7) is 0. The molecule has 0 atom stereocenters. The number of thiophene rings is 1. The van der Waals surface area contributed by atoms with Crippen molar-refractivity contribution < 1.29 is 0 Å². The van der Waals surface area contributed by atoms with E-state index in [1.165, 1.54) is 27.9 Å². The van der Waals surface area contributed by atoms with Crippen LogP contribution < -0.4 is 10.5 Å². The topological polar surface area (TPSA) is 50.5 Å². The van der Waals surface area contributed by atoms with Gasteiger partial charge in [0.25, 0.3) is 5.56 Å². The van der Waals surface area contributed by atoms with Gasteiger partial charge in [-0.05, 0) is 48.9 Å². The first-order chi connectivity index (χ1) is 12.1. The SMILES string of the molecule is CN(C)c1ccc(/C=N\n2cnc3sc4c(c3c2=O)CCCC4)cc1. The number of aryl methyl sites for hydroxylation is 2. The van der Waals surface area contributed by atoms with E-state index in [1.54, 1.807) is 17.6 Å². The molecule has 1 aliphatic carbocycles. The molecule has 0 saturated heterocycles. The molecule has 0 amide bonds. The number of anilines is 1. The third-order valence-electron chi connectivity index (χ3n) is 4.60. The summed E-state index contributed by atoms with van der Waals surface area (Å²) in [4.78, 5) is 21.5. The van der Waals surface area contributed by atoms with Crippen molar-refractivity contribution >= 4 is 33.5 Å². The highest BCUT2D eigenvalue weighted by Gasteiger charge is 2.19. The van der Waals surface area contributed by atoms with Crippen molar-refractivity contribution in [2.45, 2.75) is 25.7 Å². The average molecular weight is 352 g/mol. The van der Waals surface area contributed by atoms with Gasteiger partial charge in [-0.25, -0.2) is 4.98 Å². The summed E-state index contributed by atoms with van der Waals surface area (Å²) in [6.07, 6.45) is 7.62. The van der Waals surface area contributed by atoms with Gasteiger partial charge in [-0.1, -0.05) is 12.1 Å². The monoisotopic (exact) mass is 352 g/mol. The Morgan fingerprint density at radius 3 is 2.72 bits per heavy atom. The fraction of sp³-hybridized carbons (Fsp3) is 0.316. The summed E-state index contributed by atoms with van der Waals surface area (Å²) in [5, 5.41) is 5.10. The van der Waals surface area contributed by atoms with Crippen LogP contribution in [-0.2, 0) is 12.8 Å². The van der Waals surface area contributed by atoms with Crippen molar-refractivity contribution in [1.29, 1.82) is 0 Å². The molecule has 0 fully saturated rings. The number of nitrogens with zero attached hydrogens (tertiary/aromatic N) is 4. The average Bonchev–Trinajstić information content (AvgIpc) is 3.01. The Balaban J connectivity index is 1.69. The van der Waals surface area contributed by atoms with Crippen LogP contribution in [0.25, 0.3) is 10.2 Å². The number of hydrogen-bond acceptors (Lipinski definition) is 5. The lowest BCUT2D eigenvalue weighted by molar-refractivity contribution is 0.699. The van der Waals surface area contributed by atoms with Crippen LogP contribution in [0.5, 0.6) is 0 Å². The van der Waals surface area contributed by atoms with Gasteiger partial charge in [0.15, 0.2) is 0 Å². The van der Waals surface area contributed by atoms with E-state index in [9.17, 15) is 4.79 Å². The van der Waals surface area contributed by atoms with Crippen LogP contribution in [0.4, 0.5) is 5.69 Å². The minimum Gasteiger partial charge on any atom is -0.378 e. The molecular weight excluding hydrogens is 332 g/mol. The van der Waals surface area contributed by atoms with Crippen molar-refractivity contribution in [2.24, 2.45) is 5.10 Å². The van der Waals surface area contributed by atoms with Crippen molar-refractivity contribution in [2.75, 3.05) is 19.0 Å². The van der Waals surface area contributed by atoms with E-state index >= 15 is 0 Å². The van der Waals surface area contributed by atoms with E-state index in [-0.39, 0.29) is 5.56 Å². The van der Waals surface area contributed by atoms with Crippen molar-refractivity contribution in [3.8, 4) is 0 Å². The lowest BCUT2D eigenvalue weighted by atomic mass is 9.97. The Bertz CT molecular complexity index is 999. The zero-order valence-corrected chi connectivity index (χ0v) is 15.2. The minimum atomic E-state index is -0.0643. The van der Waals surface area contributed by atoms with Gasteiger partial charge in [0.1, 0.15) is 11.2 Å². The number of rotatable bonds is 3. The van der Waals surface area contributed by atoms with Gasteiger partial charge < -0.3 is 4.90 Å². The molecule has 0 aliphatic heterocycles. The number of benzene rings is 1. The second kappa shape index (κ2) is 6.44. The first-order valence-electron chi connectivity index (χ1n) is 8.47. The van der Waals surface area contributed by atoms with Crippen LogP contribution in [0.3, 0.4) is 0 Å². The van der Waals surface area contributed by atoms with Gasteiger partial charge in [0, 0.05) is 24.7 Å². The molecule has 0 N–H and O–H groups in total. The standard InChI is InChI=1S/C19H20N4OS/c1-22(2)14-9-7-13(8-10-14)11-21-23-12-20-18-17(19(23)24)15-5-3-4-6-16(15)25-18/h7-12H,3-6H2,1-2H3/b21-11-. The smallest absolute Gasteiger partial charge is 0.282 e. The highest BCUT2D eigenvalue weighted by atomic mass is 32.1. The summed E-state index contributed by atoms with van der Waals surface area (Å²) in [7, 11) is 4.01. The minimum absolute atomic E-state index is 0.0643. The Labute approximate surface area is 150 Å². The third-order valence-corrected chi connectivity index (χ3v) is 5.80. The number of aromatic nitrogens is 2. The Morgan fingerprint density at radius 1 is 1.20 bits per heavy atom. The molecule has 2 heterocycles. The molecule has 1 aromatic carbocycles. The van der Waals surface area contributed by atoms with Crippen LogP contribution in [0.1, 0.15) is 28.8 Å². The molecule has 0 saturated carbocycles. The number of fused-ring (bicyclic) bond motifs is 3.